The predicted molar refractivity (Wildman–Crippen MR) is 103 cm³/mol. The molecule has 2 aromatic rings. The lowest BCUT2D eigenvalue weighted by Crippen LogP contribution is -2.42. The molecule has 0 atom stereocenters. The predicted octanol–water partition coefficient (Wildman–Crippen LogP) is 2.10. The van der Waals surface area contributed by atoms with Crippen LogP contribution in [0.5, 0.6) is 0 Å². The lowest BCUT2D eigenvalue weighted by molar-refractivity contribution is 0.0600. The molecule has 28 heavy (non-hydrogen) atoms. The number of ether oxygens (including phenoxy) is 1. The highest BCUT2D eigenvalue weighted by Gasteiger charge is 2.35. The quantitative estimate of drug-likeness (QED) is 0.683. The Morgan fingerprint density at radius 1 is 0.893 bits per heavy atom. The van der Waals surface area contributed by atoms with Gasteiger partial charge in [0.2, 0.25) is 10.0 Å². The molecule has 0 amide bonds. The zero-order valence-corrected chi connectivity index (χ0v) is 16.9. The number of piperidine rings is 1. The molecule has 150 valence electrons. The summed E-state index contributed by atoms with van der Waals surface area (Å²) in [4.78, 5) is 11.8. The van der Waals surface area contributed by atoms with Gasteiger partial charge in [-0.2, -0.15) is 4.31 Å². The van der Waals surface area contributed by atoms with E-state index < -0.39 is 31.1 Å². The Morgan fingerprint density at radius 3 is 2.00 bits per heavy atom. The maximum atomic E-state index is 12.8. The molecule has 0 spiro atoms. The number of sulfonamides is 1. The lowest BCUT2D eigenvalue weighted by atomic mass is 10.2. The molecule has 9 heteroatoms. The van der Waals surface area contributed by atoms with E-state index in [4.69, 9.17) is 0 Å². The maximum absolute atomic E-state index is 12.8. The summed E-state index contributed by atoms with van der Waals surface area (Å²) in [5.41, 5.74) is 0.258. The molecule has 2 aromatic carbocycles. The van der Waals surface area contributed by atoms with Crippen LogP contribution >= 0.6 is 0 Å². The van der Waals surface area contributed by atoms with E-state index in [0.29, 0.717) is 0 Å². The van der Waals surface area contributed by atoms with E-state index in [1.807, 2.05) is 0 Å². The van der Waals surface area contributed by atoms with Gasteiger partial charge >= 0.3 is 5.97 Å². The zero-order valence-electron chi connectivity index (χ0n) is 15.3. The number of hydrogen-bond acceptors (Lipinski definition) is 6. The summed E-state index contributed by atoms with van der Waals surface area (Å²) in [6, 6.07) is 13.7. The normalized spacial score (nSPS) is 16.6. The van der Waals surface area contributed by atoms with E-state index in [1.54, 1.807) is 30.3 Å². The number of carbonyl (C=O) groups is 1. The van der Waals surface area contributed by atoms with Gasteiger partial charge in [0.1, 0.15) is 0 Å². The summed E-state index contributed by atoms with van der Waals surface area (Å²) in [7, 11) is -5.99. The van der Waals surface area contributed by atoms with Gasteiger partial charge in [0.15, 0.2) is 9.84 Å². The van der Waals surface area contributed by atoms with Crippen LogP contribution in [-0.2, 0) is 24.6 Å². The molecule has 0 aromatic heterocycles. The van der Waals surface area contributed by atoms with Crippen LogP contribution in [-0.4, -0.2) is 52.6 Å². The highest BCUT2D eigenvalue weighted by Crippen LogP contribution is 2.27. The van der Waals surface area contributed by atoms with E-state index in [2.05, 4.69) is 4.74 Å². The number of sulfone groups is 1. The van der Waals surface area contributed by atoms with Crippen molar-refractivity contribution >= 4 is 25.8 Å². The van der Waals surface area contributed by atoms with E-state index in [9.17, 15) is 21.6 Å². The minimum absolute atomic E-state index is 0.0597. The third-order valence-corrected chi connectivity index (χ3v) is 9.02. The number of rotatable bonds is 5. The molecule has 1 aliphatic heterocycles. The van der Waals surface area contributed by atoms with E-state index in [1.165, 1.54) is 35.7 Å². The molecular formula is C19H21NO6S2. The summed E-state index contributed by atoms with van der Waals surface area (Å²) >= 11 is 0. The molecule has 1 fully saturated rings. The second-order valence-corrected chi connectivity index (χ2v) is 10.6. The van der Waals surface area contributed by atoms with Gasteiger partial charge in [-0.25, -0.2) is 21.6 Å². The smallest absolute Gasteiger partial charge is 0.337 e. The molecule has 7 nitrogen and oxygen atoms in total. The van der Waals surface area contributed by atoms with Gasteiger partial charge in [0.05, 0.1) is 27.7 Å². The topological polar surface area (TPSA) is 97.8 Å². The molecule has 1 aliphatic rings. The number of carbonyl (C=O) groups excluding carboxylic acids is 1. The van der Waals surface area contributed by atoms with Crippen molar-refractivity contribution in [3.05, 3.63) is 60.2 Å². The van der Waals surface area contributed by atoms with Crippen molar-refractivity contribution in [3.63, 3.8) is 0 Å². The van der Waals surface area contributed by atoms with Crippen LogP contribution in [0, 0.1) is 0 Å². The van der Waals surface area contributed by atoms with Crippen LogP contribution in [0.3, 0.4) is 0 Å². The van der Waals surface area contributed by atoms with Crippen LogP contribution in [0.2, 0.25) is 0 Å². The first kappa shape index (κ1) is 20.5. The number of hydrogen-bond donors (Lipinski definition) is 0. The first-order chi connectivity index (χ1) is 13.3. The van der Waals surface area contributed by atoms with Gasteiger partial charge in [-0.1, -0.05) is 18.2 Å². The minimum Gasteiger partial charge on any atom is -0.465 e. The average Bonchev–Trinajstić information content (AvgIpc) is 2.74. The molecule has 0 bridgehead atoms. The van der Waals surface area contributed by atoms with Gasteiger partial charge in [0, 0.05) is 13.1 Å². The van der Waals surface area contributed by atoms with Crippen LogP contribution in [0.4, 0.5) is 0 Å². The Balaban J connectivity index is 1.73. The lowest BCUT2D eigenvalue weighted by Gasteiger charge is -2.31. The highest BCUT2D eigenvalue weighted by atomic mass is 32.2. The highest BCUT2D eigenvalue weighted by molar-refractivity contribution is 7.92. The summed E-state index contributed by atoms with van der Waals surface area (Å²) in [5.74, 6) is -0.545. The Morgan fingerprint density at radius 2 is 1.46 bits per heavy atom. The first-order valence-electron chi connectivity index (χ1n) is 8.74. The molecular weight excluding hydrogens is 402 g/mol. The molecule has 0 N–H and O–H groups in total. The average molecular weight is 424 g/mol. The fourth-order valence-electron chi connectivity index (χ4n) is 3.22. The third-order valence-electron chi connectivity index (χ3n) is 4.82. The van der Waals surface area contributed by atoms with Crippen LogP contribution in [0.1, 0.15) is 23.2 Å². The molecule has 0 aliphatic carbocycles. The van der Waals surface area contributed by atoms with Crippen molar-refractivity contribution in [2.75, 3.05) is 20.2 Å². The molecule has 0 unspecified atom stereocenters. The Hall–Kier alpha value is -2.23. The SMILES string of the molecule is COC(=O)c1ccc(S(=O)(=O)N2CCC(S(=O)(=O)c3ccccc3)CC2)cc1. The van der Waals surface area contributed by atoms with Crippen LogP contribution in [0.15, 0.2) is 64.4 Å². The summed E-state index contributed by atoms with van der Waals surface area (Å²) in [5, 5.41) is -0.608. The van der Waals surface area contributed by atoms with Crippen molar-refractivity contribution in [3.8, 4) is 0 Å². The van der Waals surface area contributed by atoms with Gasteiger partial charge in [-0.05, 0) is 49.2 Å². The van der Waals surface area contributed by atoms with Crippen LogP contribution < -0.4 is 0 Å². The monoisotopic (exact) mass is 423 g/mol. The minimum atomic E-state index is -3.76. The van der Waals surface area contributed by atoms with Gasteiger partial charge in [-0.3, -0.25) is 0 Å². The number of nitrogens with zero attached hydrogens (tertiary/aromatic N) is 1. The van der Waals surface area contributed by atoms with Crippen molar-refractivity contribution in [2.45, 2.75) is 27.9 Å². The fourth-order valence-corrected chi connectivity index (χ4v) is 6.44. The zero-order chi connectivity index (χ0) is 20.4. The van der Waals surface area contributed by atoms with Crippen molar-refractivity contribution < 1.29 is 26.4 Å². The summed E-state index contributed by atoms with van der Waals surface area (Å²) in [6.07, 6.45) is 0.466. The van der Waals surface area contributed by atoms with Crippen molar-refractivity contribution in [2.24, 2.45) is 0 Å². The van der Waals surface area contributed by atoms with E-state index in [-0.39, 0.29) is 41.3 Å². The first-order valence-corrected chi connectivity index (χ1v) is 11.7. The van der Waals surface area contributed by atoms with Crippen molar-refractivity contribution in [1.29, 1.82) is 0 Å². The second kappa shape index (κ2) is 8.02. The Bertz CT molecular complexity index is 1040. The van der Waals surface area contributed by atoms with Gasteiger partial charge in [0.25, 0.3) is 0 Å². The molecule has 1 heterocycles. The maximum Gasteiger partial charge on any atom is 0.337 e. The van der Waals surface area contributed by atoms with E-state index >= 15 is 0 Å². The van der Waals surface area contributed by atoms with E-state index in [0.717, 1.165) is 0 Å². The van der Waals surface area contributed by atoms with Crippen molar-refractivity contribution in [1.82, 2.24) is 4.31 Å². The number of methoxy groups -OCH3 is 1. The summed E-state index contributed by atoms with van der Waals surface area (Å²) < 4.78 is 57.0. The van der Waals surface area contributed by atoms with Crippen LogP contribution in [0.25, 0.3) is 0 Å². The molecule has 3 rings (SSSR count). The molecule has 1 saturated heterocycles. The largest absolute Gasteiger partial charge is 0.465 e. The second-order valence-electron chi connectivity index (χ2n) is 6.48. The Labute approximate surface area is 164 Å². The number of esters is 1. The fraction of sp³-hybridized carbons (Fsp3) is 0.316. The molecule has 0 saturated carbocycles. The molecule has 0 radical (unpaired) electrons. The Kier molecular flexibility index (Phi) is 5.87. The third kappa shape index (κ3) is 3.96. The van der Waals surface area contributed by atoms with Gasteiger partial charge < -0.3 is 4.74 Å². The standard InChI is InChI=1S/C19H21NO6S2/c1-26-19(21)15-7-9-18(10-8-15)28(24,25)20-13-11-17(12-14-20)27(22,23)16-5-3-2-4-6-16/h2-10,17H,11-14H2,1H3. The van der Waals surface area contributed by atoms with Gasteiger partial charge in [-0.15, -0.1) is 0 Å². The number of benzene rings is 2. The summed E-state index contributed by atoms with van der Waals surface area (Å²) in [6.45, 7) is 0.246.